The number of carbonyl (C=O) groups is 1. The normalized spacial score (nSPS) is 21.1. The van der Waals surface area contributed by atoms with Gasteiger partial charge in [0.2, 0.25) is 5.88 Å². The van der Waals surface area contributed by atoms with Crippen molar-refractivity contribution in [2.45, 2.75) is 19.4 Å². The van der Waals surface area contributed by atoms with Gasteiger partial charge in [0, 0.05) is 25.1 Å². The van der Waals surface area contributed by atoms with Crippen LogP contribution in [-0.4, -0.2) is 36.4 Å². The Morgan fingerprint density at radius 1 is 1.59 bits per heavy atom. The highest BCUT2D eigenvalue weighted by molar-refractivity contribution is 5.53. The second-order valence-corrected chi connectivity index (χ2v) is 4.44. The Kier molecular flexibility index (Phi) is 4.09. The molecule has 1 aliphatic rings. The van der Waals surface area contributed by atoms with Crippen molar-refractivity contribution in [3.8, 4) is 5.88 Å². The third-order valence-electron chi connectivity index (χ3n) is 3.11. The van der Waals surface area contributed by atoms with E-state index in [0.29, 0.717) is 5.88 Å². The van der Waals surface area contributed by atoms with Gasteiger partial charge in [-0.2, -0.15) is 0 Å². The first-order chi connectivity index (χ1) is 8.31. The molecule has 17 heavy (non-hydrogen) atoms. The Labute approximate surface area is 102 Å². The molecule has 1 aliphatic heterocycles. The van der Waals surface area contributed by atoms with Crippen molar-refractivity contribution in [2.24, 2.45) is 5.92 Å². The third-order valence-corrected chi connectivity index (χ3v) is 3.11. The summed E-state index contributed by atoms with van der Waals surface area (Å²) in [7, 11) is 1.62. The van der Waals surface area contributed by atoms with Gasteiger partial charge >= 0.3 is 0 Å². The molecule has 1 aromatic heterocycles. The molecule has 0 spiro atoms. The fourth-order valence-electron chi connectivity index (χ4n) is 2.23. The minimum Gasteiger partial charge on any atom is -0.481 e. The second-order valence-electron chi connectivity index (χ2n) is 4.44. The van der Waals surface area contributed by atoms with Crippen molar-refractivity contribution in [2.75, 3.05) is 20.2 Å². The third kappa shape index (κ3) is 3.27. The molecule has 0 N–H and O–H groups in total. The van der Waals surface area contributed by atoms with Crippen LogP contribution < -0.4 is 4.74 Å². The summed E-state index contributed by atoms with van der Waals surface area (Å²) in [5.41, 5.74) is 0.996. The molecule has 1 unspecified atom stereocenters. The standard InChI is InChI=1S/C13H18N2O2/c1-17-13-6-2-5-12(14-13)9-15-7-3-4-11(8-15)10-16/h2,5-6,10-11H,3-4,7-9H2,1H3. The van der Waals surface area contributed by atoms with E-state index in [4.69, 9.17) is 4.74 Å². The quantitative estimate of drug-likeness (QED) is 0.740. The van der Waals surface area contributed by atoms with Gasteiger partial charge in [-0.15, -0.1) is 0 Å². The molecule has 2 rings (SSSR count). The van der Waals surface area contributed by atoms with Crippen LogP contribution in [0.25, 0.3) is 0 Å². The van der Waals surface area contributed by atoms with Crippen LogP contribution >= 0.6 is 0 Å². The van der Waals surface area contributed by atoms with Gasteiger partial charge < -0.3 is 9.53 Å². The number of ether oxygens (including phenoxy) is 1. The van der Waals surface area contributed by atoms with Crippen LogP contribution in [0, 0.1) is 5.92 Å². The monoisotopic (exact) mass is 234 g/mol. The summed E-state index contributed by atoms with van der Waals surface area (Å²) in [6.45, 7) is 2.69. The minimum atomic E-state index is 0.189. The van der Waals surface area contributed by atoms with Crippen LogP contribution in [0.5, 0.6) is 5.88 Å². The van der Waals surface area contributed by atoms with Crippen molar-refractivity contribution in [1.29, 1.82) is 0 Å². The zero-order valence-electron chi connectivity index (χ0n) is 10.1. The van der Waals surface area contributed by atoms with Crippen LogP contribution in [0.2, 0.25) is 0 Å². The number of hydrogen-bond acceptors (Lipinski definition) is 4. The number of rotatable bonds is 4. The Balaban J connectivity index is 1.97. The van der Waals surface area contributed by atoms with Crippen molar-refractivity contribution < 1.29 is 9.53 Å². The molecule has 92 valence electrons. The van der Waals surface area contributed by atoms with Crippen LogP contribution in [0.15, 0.2) is 18.2 Å². The first kappa shape index (κ1) is 12.0. The molecule has 0 saturated carbocycles. The summed E-state index contributed by atoms with van der Waals surface area (Å²) < 4.78 is 5.10. The fraction of sp³-hybridized carbons (Fsp3) is 0.538. The second kappa shape index (κ2) is 5.77. The topological polar surface area (TPSA) is 42.4 Å². The lowest BCUT2D eigenvalue weighted by atomic mass is 10.00. The number of carbonyl (C=O) groups excluding carboxylic acids is 1. The number of nitrogens with zero attached hydrogens (tertiary/aromatic N) is 2. The zero-order valence-corrected chi connectivity index (χ0v) is 10.1. The molecule has 1 saturated heterocycles. The molecule has 0 aliphatic carbocycles. The molecule has 1 fully saturated rings. The van der Waals surface area contributed by atoms with Crippen LogP contribution in [0.1, 0.15) is 18.5 Å². The van der Waals surface area contributed by atoms with Gasteiger partial charge in [0.25, 0.3) is 0 Å². The lowest BCUT2D eigenvalue weighted by molar-refractivity contribution is -0.112. The van der Waals surface area contributed by atoms with E-state index in [9.17, 15) is 4.79 Å². The number of aromatic nitrogens is 1. The van der Waals surface area contributed by atoms with Crippen molar-refractivity contribution in [3.05, 3.63) is 23.9 Å². The molecule has 1 atom stereocenters. The smallest absolute Gasteiger partial charge is 0.213 e. The number of likely N-dealkylation sites (tertiary alicyclic amines) is 1. The van der Waals surface area contributed by atoms with Gasteiger partial charge in [-0.1, -0.05) is 6.07 Å². The molecule has 2 heterocycles. The molecule has 0 radical (unpaired) electrons. The largest absolute Gasteiger partial charge is 0.481 e. The molecule has 0 amide bonds. The lowest BCUT2D eigenvalue weighted by Gasteiger charge is -2.29. The summed E-state index contributed by atoms with van der Waals surface area (Å²) in [5.74, 6) is 0.834. The van der Waals surface area contributed by atoms with Gasteiger partial charge in [-0.3, -0.25) is 4.90 Å². The van der Waals surface area contributed by atoms with Gasteiger partial charge in [0.05, 0.1) is 12.8 Å². The Bertz CT molecular complexity index is 381. The first-order valence-electron chi connectivity index (χ1n) is 5.99. The maximum absolute atomic E-state index is 10.8. The highest BCUT2D eigenvalue weighted by Gasteiger charge is 2.19. The predicted molar refractivity (Wildman–Crippen MR) is 64.9 cm³/mol. The van der Waals surface area contributed by atoms with Gasteiger partial charge in [0.1, 0.15) is 6.29 Å². The Morgan fingerprint density at radius 2 is 2.47 bits per heavy atom. The van der Waals surface area contributed by atoms with E-state index >= 15 is 0 Å². The highest BCUT2D eigenvalue weighted by Crippen LogP contribution is 2.17. The summed E-state index contributed by atoms with van der Waals surface area (Å²) in [4.78, 5) is 17.5. The summed E-state index contributed by atoms with van der Waals surface area (Å²) in [5, 5.41) is 0. The van der Waals surface area contributed by atoms with Crippen molar-refractivity contribution >= 4 is 6.29 Å². The molecule has 0 aromatic carbocycles. The van der Waals surface area contributed by atoms with E-state index in [0.717, 1.165) is 44.5 Å². The van der Waals surface area contributed by atoms with E-state index in [2.05, 4.69) is 9.88 Å². The van der Waals surface area contributed by atoms with E-state index in [-0.39, 0.29) is 5.92 Å². The molecule has 4 nitrogen and oxygen atoms in total. The minimum absolute atomic E-state index is 0.189. The molecule has 4 heteroatoms. The average molecular weight is 234 g/mol. The average Bonchev–Trinajstić information content (AvgIpc) is 2.39. The fourth-order valence-corrected chi connectivity index (χ4v) is 2.23. The van der Waals surface area contributed by atoms with Crippen LogP contribution in [0.4, 0.5) is 0 Å². The zero-order chi connectivity index (χ0) is 12.1. The van der Waals surface area contributed by atoms with Crippen molar-refractivity contribution in [3.63, 3.8) is 0 Å². The molecular weight excluding hydrogens is 216 g/mol. The molecular formula is C13H18N2O2. The molecule has 1 aromatic rings. The Hall–Kier alpha value is -1.42. The predicted octanol–water partition coefficient (Wildman–Crippen LogP) is 1.50. The summed E-state index contributed by atoms with van der Waals surface area (Å²) >= 11 is 0. The SMILES string of the molecule is COc1cccc(CN2CCCC(C=O)C2)n1. The number of aldehydes is 1. The van der Waals surface area contributed by atoms with Gasteiger partial charge in [-0.25, -0.2) is 4.98 Å². The summed E-state index contributed by atoms with van der Waals surface area (Å²) in [6.07, 6.45) is 3.18. The van der Waals surface area contributed by atoms with E-state index in [1.54, 1.807) is 7.11 Å². The number of pyridine rings is 1. The summed E-state index contributed by atoms with van der Waals surface area (Å²) in [6, 6.07) is 5.78. The van der Waals surface area contributed by atoms with Crippen molar-refractivity contribution in [1.82, 2.24) is 9.88 Å². The number of piperidine rings is 1. The Morgan fingerprint density at radius 3 is 3.24 bits per heavy atom. The lowest BCUT2D eigenvalue weighted by Crippen LogP contribution is -2.35. The number of hydrogen-bond donors (Lipinski definition) is 0. The maximum Gasteiger partial charge on any atom is 0.213 e. The van der Waals surface area contributed by atoms with Gasteiger partial charge in [-0.05, 0) is 25.5 Å². The van der Waals surface area contributed by atoms with E-state index < -0.39 is 0 Å². The molecule has 0 bridgehead atoms. The van der Waals surface area contributed by atoms with E-state index in [1.807, 2.05) is 18.2 Å². The highest BCUT2D eigenvalue weighted by atomic mass is 16.5. The maximum atomic E-state index is 10.8. The van der Waals surface area contributed by atoms with Gasteiger partial charge in [0.15, 0.2) is 0 Å². The van der Waals surface area contributed by atoms with E-state index in [1.165, 1.54) is 0 Å². The van der Waals surface area contributed by atoms with Crippen LogP contribution in [0.3, 0.4) is 0 Å². The van der Waals surface area contributed by atoms with Crippen LogP contribution in [-0.2, 0) is 11.3 Å². The first-order valence-corrected chi connectivity index (χ1v) is 5.99. The number of methoxy groups -OCH3 is 1.